The number of halogens is 4. The van der Waals surface area contributed by atoms with Gasteiger partial charge in [0.1, 0.15) is 6.07 Å². The second-order valence-electron chi connectivity index (χ2n) is 5.39. The fraction of sp³-hybridized carbons (Fsp3) is 0.571. The molecule has 2 heterocycles. The Morgan fingerprint density at radius 3 is 2.88 bits per heavy atom. The Morgan fingerprint density at radius 1 is 1.56 bits per heavy atom. The second kappa shape index (κ2) is 7.50. The van der Waals surface area contributed by atoms with Gasteiger partial charge in [0.15, 0.2) is 17.7 Å². The van der Waals surface area contributed by atoms with Crippen LogP contribution in [-0.2, 0) is 9.53 Å². The molecule has 1 aliphatic rings. The summed E-state index contributed by atoms with van der Waals surface area (Å²) in [6.07, 6.45) is -5.33. The van der Waals surface area contributed by atoms with Crippen molar-refractivity contribution in [3.05, 3.63) is 12.0 Å². The van der Waals surface area contributed by atoms with Gasteiger partial charge < -0.3 is 14.4 Å². The van der Waals surface area contributed by atoms with Crippen molar-refractivity contribution in [2.24, 2.45) is 5.92 Å². The van der Waals surface area contributed by atoms with Crippen molar-refractivity contribution < 1.29 is 31.8 Å². The van der Waals surface area contributed by atoms with Crippen LogP contribution >= 0.6 is 0 Å². The van der Waals surface area contributed by atoms with E-state index in [2.05, 4.69) is 14.7 Å². The molecule has 1 unspecified atom stereocenters. The van der Waals surface area contributed by atoms with E-state index in [1.54, 1.807) is 4.90 Å². The molecule has 0 radical (unpaired) electrons. The van der Waals surface area contributed by atoms with E-state index >= 15 is 0 Å². The Hall–Kier alpha value is -2.64. The van der Waals surface area contributed by atoms with E-state index < -0.39 is 24.1 Å². The van der Waals surface area contributed by atoms with Crippen LogP contribution in [0.2, 0.25) is 0 Å². The predicted octanol–water partition coefficient (Wildman–Crippen LogP) is 1.84. The lowest BCUT2D eigenvalue weighted by Crippen LogP contribution is -2.31. The van der Waals surface area contributed by atoms with Crippen LogP contribution in [0, 0.1) is 23.1 Å². The number of rotatable bonds is 5. The molecule has 25 heavy (non-hydrogen) atoms. The highest BCUT2D eigenvalue weighted by Gasteiger charge is 2.43. The molecule has 1 fully saturated rings. The number of esters is 1. The summed E-state index contributed by atoms with van der Waals surface area (Å²) in [5.74, 6) is -3.32. The van der Waals surface area contributed by atoms with Gasteiger partial charge in [0.2, 0.25) is 0 Å². The first-order valence-electron chi connectivity index (χ1n) is 7.23. The van der Waals surface area contributed by atoms with E-state index in [4.69, 9.17) is 10.00 Å². The van der Waals surface area contributed by atoms with Crippen molar-refractivity contribution in [1.82, 2.24) is 9.97 Å². The summed E-state index contributed by atoms with van der Waals surface area (Å²) < 4.78 is 59.4. The number of methoxy groups -OCH3 is 1. The lowest BCUT2D eigenvalue weighted by Gasteiger charge is -2.19. The minimum Gasteiger partial charge on any atom is -0.467 e. The smallest absolute Gasteiger partial charge is 0.467 e. The summed E-state index contributed by atoms with van der Waals surface area (Å²) in [6, 6.07) is 1.52. The summed E-state index contributed by atoms with van der Waals surface area (Å²) in [5.41, 5.74) is 0. The molecule has 2 rings (SSSR count). The van der Waals surface area contributed by atoms with E-state index in [9.17, 15) is 22.4 Å². The van der Waals surface area contributed by atoms with Gasteiger partial charge in [-0.3, -0.25) is 0 Å². The first-order chi connectivity index (χ1) is 11.7. The topological polar surface area (TPSA) is 88.3 Å². The Balaban J connectivity index is 1.98. The van der Waals surface area contributed by atoms with E-state index in [0.717, 1.165) is 6.20 Å². The van der Waals surface area contributed by atoms with Crippen molar-refractivity contribution in [2.45, 2.75) is 25.1 Å². The maximum Gasteiger partial charge on any atom is 0.490 e. The number of carbonyl (C=O) groups is 1. The highest BCUT2D eigenvalue weighted by Crippen LogP contribution is 2.29. The molecule has 0 bridgehead atoms. The van der Waals surface area contributed by atoms with Crippen molar-refractivity contribution in [2.75, 3.05) is 25.1 Å². The van der Waals surface area contributed by atoms with Gasteiger partial charge in [0.05, 0.1) is 13.3 Å². The van der Waals surface area contributed by atoms with Crippen molar-refractivity contribution in [3.8, 4) is 12.1 Å². The number of anilines is 1. The summed E-state index contributed by atoms with van der Waals surface area (Å²) in [7, 11) is 1.33. The van der Waals surface area contributed by atoms with Crippen LogP contribution in [0.1, 0.15) is 12.8 Å². The molecule has 7 nitrogen and oxygen atoms in total. The minimum absolute atomic E-state index is 0.00939. The van der Waals surface area contributed by atoms with Gasteiger partial charge in [0.25, 0.3) is 0 Å². The molecule has 0 N–H and O–H groups in total. The van der Waals surface area contributed by atoms with Crippen LogP contribution in [0.4, 0.5) is 23.4 Å². The SMILES string of the molecule is COc1ncc(F)c(N2CC[C@@H](CC(C#N)OC(=O)C(F)(F)F)C2)n1. The number of alkyl halides is 3. The molecular formula is C14H14F4N4O3. The van der Waals surface area contributed by atoms with Crippen LogP contribution in [0.5, 0.6) is 6.01 Å². The summed E-state index contributed by atoms with van der Waals surface area (Å²) >= 11 is 0. The molecule has 0 spiro atoms. The quantitative estimate of drug-likeness (QED) is 0.583. The average Bonchev–Trinajstić information content (AvgIpc) is 3.02. The monoisotopic (exact) mass is 362 g/mol. The van der Waals surface area contributed by atoms with Crippen LogP contribution < -0.4 is 9.64 Å². The molecule has 0 aliphatic carbocycles. The van der Waals surface area contributed by atoms with Gasteiger partial charge in [0, 0.05) is 19.5 Å². The fourth-order valence-corrected chi connectivity index (χ4v) is 2.51. The number of aromatic nitrogens is 2. The largest absolute Gasteiger partial charge is 0.490 e. The number of hydrogen-bond acceptors (Lipinski definition) is 7. The molecule has 1 saturated heterocycles. The molecule has 1 aliphatic heterocycles. The Morgan fingerprint density at radius 2 is 2.28 bits per heavy atom. The van der Waals surface area contributed by atoms with E-state index in [1.807, 2.05) is 0 Å². The normalized spacial score (nSPS) is 18.6. The number of hydrogen-bond donors (Lipinski definition) is 0. The maximum atomic E-state index is 13.8. The molecule has 1 aromatic heterocycles. The molecular weight excluding hydrogens is 348 g/mol. The summed E-state index contributed by atoms with van der Waals surface area (Å²) in [6.45, 7) is 0.631. The Bertz CT molecular complexity index is 677. The zero-order valence-electron chi connectivity index (χ0n) is 13.1. The minimum atomic E-state index is -5.16. The molecule has 2 atom stereocenters. The number of ether oxygens (including phenoxy) is 2. The predicted molar refractivity (Wildman–Crippen MR) is 75.0 cm³/mol. The standard InChI is InChI=1S/C14H14F4N4O3/c1-24-13-20-6-10(15)11(21-13)22-3-2-8(7-22)4-9(5-19)25-12(23)14(16,17)18/h6,8-9H,2-4,7H2,1H3/t8-,9?/m0/s1. The zero-order chi connectivity index (χ0) is 18.6. The summed E-state index contributed by atoms with van der Waals surface area (Å²) in [5, 5.41) is 8.89. The highest BCUT2D eigenvalue weighted by atomic mass is 19.4. The molecule has 1 aromatic rings. The number of nitriles is 1. The third-order valence-corrected chi connectivity index (χ3v) is 3.64. The van der Waals surface area contributed by atoms with Gasteiger partial charge in [-0.05, 0) is 12.3 Å². The first kappa shape index (κ1) is 18.7. The molecule has 0 amide bonds. The average molecular weight is 362 g/mol. The third-order valence-electron chi connectivity index (χ3n) is 3.64. The van der Waals surface area contributed by atoms with Crippen LogP contribution in [-0.4, -0.2) is 48.4 Å². The van der Waals surface area contributed by atoms with Gasteiger partial charge in [-0.15, -0.1) is 0 Å². The zero-order valence-corrected chi connectivity index (χ0v) is 13.1. The van der Waals surface area contributed by atoms with E-state index in [-0.39, 0.29) is 30.7 Å². The van der Waals surface area contributed by atoms with Crippen molar-refractivity contribution in [3.63, 3.8) is 0 Å². The highest BCUT2D eigenvalue weighted by molar-refractivity contribution is 5.76. The first-order valence-corrected chi connectivity index (χ1v) is 7.23. The van der Waals surface area contributed by atoms with Crippen molar-refractivity contribution in [1.29, 1.82) is 5.26 Å². The Kier molecular flexibility index (Phi) is 5.61. The molecule has 0 aromatic carbocycles. The van der Waals surface area contributed by atoms with Crippen LogP contribution in [0.25, 0.3) is 0 Å². The second-order valence-corrected chi connectivity index (χ2v) is 5.39. The van der Waals surface area contributed by atoms with Gasteiger partial charge >= 0.3 is 18.2 Å². The lowest BCUT2D eigenvalue weighted by molar-refractivity contribution is -0.203. The maximum absolute atomic E-state index is 13.8. The van der Waals surface area contributed by atoms with Gasteiger partial charge in [-0.2, -0.15) is 23.4 Å². The Labute approximate surface area is 140 Å². The molecule has 136 valence electrons. The van der Waals surface area contributed by atoms with Crippen molar-refractivity contribution >= 4 is 11.8 Å². The third kappa shape index (κ3) is 4.68. The molecule has 0 saturated carbocycles. The van der Waals surface area contributed by atoms with Crippen LogP contribution in [0.3, 0.4) is 0 Å². The van der Waals surface area contributed by atoms with Gasteiger partial charge in [-0.25, -0.2) is 14.2 Å². The van der Waals surface area contributed by atoms with Gasteiger partial charge in [-0.1, -0.05) is 0 Å². The fourth-order valence-electron chi connectivity index (χ4n) is 2.51. The number of carbonyl (C=O) groups excluding carboxylic acids is 1. The number of nitrogens with zero attached hydrogens (tertiary/aromatic N) is 4. The molecule has 11 heteroatoms. The summed E-state index contributed by atoms with van der Waals surface area (Å²) in [4.78, 5) is 19.9. The lowest BCUT2D eigenvalue weighted by atomic mass is 10.0. The van der Waals surface area contributed by atoms with E-state index in [0.29, 0.717) is 13.0 Å². The van der Waals surface area contributed by atoms with E-state index in [1.165, 1.54) is 13.2 Å². The van der Waals surface area contributed by atoms with Crippen LogP contribution in [0.15, 0.2) is 6.20 Å².